The molecule has 5 nitrogen and oxygen atoms in total. The number of halogens is 2. The van der Waals surface area contributed by atoms with E-state index in [1.165, 1.54) is 30.3 Å². The molecule has 1 heterocycles. The summed E-state index contributed by atoms with van der Waals surface area (Å²) < 4.78 is 15.1. The molecule has 132 valence electrons. The number of aryl methyl sites for hydroxylation is 1. The lowest BCUT2D eigenvalue weighted by molar-refractivity contribution is -0.384. The zero-order valence-electron chi connectivity index (χ0n) is 14.1. The number of nitro benzene ring substituents is 1. The number of nitro groups is 1. The van der Waals surface area contributed by atoms with Crippen LogP contribution in [-0.4, -0.2) is 15.7 Å². The first-order chi connectivity index (χ1) is 12.4. The Morgan fingerprint density at radius 3 is 2.65 bits per heavy atom. The molecular weight excluding hydrogens is 357 g/mol. The molecule has 0 aliphatic rings. The van der Waals surface area contributed by atoms with Crippen molar-refractivity contribution in [3.05, 3.63) is 86.4 Å². The summed E-state index contributed by atoms with van der Waals surface area (Å²) in [5.74, 6) is -0.491. The minimum Gasteiger partial charge on any atom is -0.318 e. The summed E-state index contributed by atoms with van der Waals surface area (Å²) >= 11 is 5.77. The SMILES string of the molecule is Cc1cc(C=Nc2ccc(F)c(Cl)c2)c(C)n1-c1cccc([N+](=O)[O-])c1. The van der Waals surface area contributed by atoms with Gasteiger partial charge in [-0.2, -0.15) is 0 Å². The highest BCUT2D eigenvalue weighted by atomic mass is 35.5. The van der Waals surface area contributed by atoms with E-state index in [1.807, 2.05) is 30.5 Å². The van der Waals surface area contributed by atoms with Gasteiger partial charge in [-0.1, -0.05) is 17.7 Å². The molecule has 0 amide bonds. The number of aromatic nitrogens is 1. The predicted octanol–water partition coefficient (Wildman–Crippen LogP) is 5.55. The van der Waals surface area contributed by atoms with Crippen LogP contribution in [0, 0.1) is 29.8 Å². The first kappa shape index (κ1) is 17.8. The Balaban J connectivity index is 1.98. The number of hydrogen-bond acceptors (Lipinski definition) is 3. The van der Waals surface area contributed by atoms with E-state index >= 15 is 0 Å². The fraction of sp³-hybridized carbons (Fsp3) is 0.105. The van der Waals surface area contributed by atoms with Crippen molar-refractivity contribution < 1.29 is 9.31 Å². The average Bonchev–Trinajstić information content (AvgIpc) is 2.89. The molecule has 0 spiro atoms. The van der Waals surface area contributed by atoms with E-state index in [-0.39, 0.29) is 10.7 Å². The summed E-state index contributed by atoms with van der Waals surface area (Å²) in [6, 6.07) is 12.6. The first-order valence-electron chi connectivity index (χ1n) is 7.79. The lowest BCUT2D eigenvalue weighted by Crippen LogP contribution is -2.00. The van der Waals surface area contributed by atoms with Crippen LogP contribution in [0.25, 0.3) is 5.69 Å². The van der Waals surface area contributed by atoms with E-state index in [0.29, 0.717) is 11.4 Å². The van der Waals surface area contributed by atoms with Gasteiger partial charge in [0, 0.05) is 35.3 Å². The quantitative estimate of drug-likeness (QED) is 0.343. The number of rotatable bonds is 4. The zero-order chi connectivity index (χ0) is 18.8. The van der Waals surface area contributed by atoms with E-state index in [9.17, 15) is 14.5 Å². The third kappa shape index (κ3) is 3.50. The average molecular weight is 372 g/mol. The van der Waals surface area contributed by atoms with Crippen molar-refractivity contribution in [2.45, 2.75) is 13.8 Å². The van der Waals surface area contributed by atoms with Crippen LogP contribution >= 0.6 is 11.6 Å². The summed E-state index contributed by atoms with van der Waals surface area (Å²) in [4.78, 5) is 14.9. The van der Waals surface area contributed by atoms with Crippen LogP contribution in [0.1, 0.15) is 17.0 Å². The maximum absolute atomic E-state index is 13.2. The summed E-state index contributed by atoms with van der Waals surface area (Å²) in [5.41, 5.74) is 3.94. The van der Waals surface area contributed by atoms with Gasteiger partial charge >= 0.3 is 0 Å². The van der Waals surface area contributed by atoms with Crippen LogP contribution in [0.4, 0.5) is 15.8 Å². The maximum Gasteiger partial charge on any atom is 0.271 e. The molecule has 0 fully saturated rings. The van der Waals surface area contributed by atoms with E-state index < -0.39 is 10.7 Å². The molecule has 0 radical (unpaired) electrons. The lowest BCUT2D eigenvalue weighted by atomic mass is 10.2. The van der Waals surface area contributed by atoms with Gasteiger partial charge in [-0.25, -0.2) is 4.39 Å². The second-order valence-corrected chi connectivity index (χ2v) is 6.20. The van der Waals surface area contributed by atoms with Gasteiger partial charge in [0.25, 0.3) is 5.69 Å². The number of nitrogens with zero attached hydrogens (tertiary/aromatic N) is 3. The molecular formula is C19H15ClFN3O2. The minimum atomic E-state index is -0.491. The van der Waals surface area contributed by atoms with E-state index in [1.54, 1.807) is 12.3 Å². The molecule has 3 rings (SSSR count). The molecule has 2 aromatic carbocycles. The molecule has 0 N–H and O–H groups in total. The van der Waals surface area contributed by atoms with Crippen molar-refractivity contribution in [1.29, 1.82) is 0 Å². The van der Waals surface area contributed by atoms with Crippen molar-refractivity contribution in [2.24, 2.45) is 4.99 Å². The topological polar surface area (TPSA) is 60.4 Å². The summed E-state index contributed by atoms with van der Waals surface area (Å²) in [6.07, 6.45) is 1.67. The molecule has 0 bridgehead atoms. The number of benzene rings is 2. The molecule has 0 aliphatic carbocycles. The second-order valence-electron chi connectivity index (χ2n) is 5.80. The van der Waals surface area contributed by atoms with E-state index in [0.717, 1.165) is 17.0 Å². The highest BCUT2D eigenvalue weighted by Gasteiger charge is 2.12. The van der Waals surface area contributed by atoms with E-state index in [4.69, 9.17) is 11.6 Å². The van der Waals surface area contributed by atoms with Gasteiger partial charge in [0.2, 0.25) is 0 Å². The Morgan fingerprint density at radius 2 is 1.96 bits per heavy atom. The fourth-order valence-electron chi connectivity index (χ4n) is 2.77. The summed E-state index contributed by atoms with van der Waals surface area (Å²) in [6.45, 7) is 3.82. The van der Waals surface area contributed by atoms with Crippen LogP contribution < -0.4 is 0 Å². The first-order valence-corrected chi connectivity index (χ1v) is 8.17. The van der Waals surface area contributed by atoms with Crippen molar-refractivity contribution in [2.75, 3.05) is 0 Å². The standard InChI is InChI=1S/C19H15ClFN3O2/c1-12-8-14(11-22-15-6-7-19(21)18(20)9-15)13(2)23(12)16-4-3-5-17(10-16)24(25)26/h3-11H,1-2H3. The Bertz CT molecular complexity index is 1030. The van der Waals surface area contributed by atoms with Crippen LogP contribution in [0.2, 0.25) is 5.02 Å². The molecule has 0 atom stereocenters. The highest BCUT2D eigenvalue weighted by molar-refractivity contribution is 6.31. The zero-order valence-corrected chi connectivity index (χ0v) is 14.9. The third-order valence-corrected chi connectivity index (χ3v) is 4.31. The van der Waals surface area contributed by atoms with Crippen molar-refractivity contribution in [1.82, 2.24) is 4.57 Å². The number of non-ortho nitro benzene ring substituents is 1. The van der Waals surface area contributed by atoms with E-state index in [2.05, 4.69) is 4.99 Å². The molecule has 0 aliphatic heterocycles. The van der Waals surface area contributed by atoms with Gasteiger partial charge in [-0.05, 0) is 44.2 Å². The van der Waals surface area contributed by atoms with Gasteiger partial charge in [-0.3, -0.25) is 15.1 Å². The van der Waals surface area contributed by atoms with Crippen LogP contribution in [0.15, 0.2) is 53.5 Å². The molecule has 26 heavy (non-hydrogen) atoms. The Hall–Kier alpha value is -2.99. The Morgan fingerprint density at radius 1 is 1.19 bits per heavy atom. The Labute approximate surface area is 154 Å². The monoisotopic (exact) mass is 371 g/mol. The highest BCUT2D eigenvalue weighted by Crippen LogP contribution is 2.25. The van der Waals surface area contributed by atoms with Gasteiger partial charge in [0.1, 0.15) is 5.82 Å². The minimum absolute atomic E-state index is 0.0155. The van der Waals surface area contributed by atoms with Gasteiger partial charge in [-0.15, -0.1) is 0 Å². The molecule has 0 unspecified atom stereocenters. The molecule has 7 heteroatoms. The molecule has 1 aromatic heterocycles. The largest absolute Gasteiger partial charge is 0.318 e. The van der Waals surface area contributed by atoms with Crippen LogP contribution in [0.3, 0.4) is 0 Å². The molecule has 0 saturated heterocycles. The number of hydrogen-bond donors (Lipinski definition) is 0. The summed E-state index contributed by atoms with van der Waals surface area (Å²) in [7, 11) is 0. The lowest BCUT2D eigenvalue weighted by Gasteiger charge is -2.09. The maximum atomic E-state index is 13.2. The van der Waals surface area contributed by atoms with Crippen molar-refractivity contribution in [3.63, 3.8) is 0 Å². The van der Waals surface area contributed by atoms with Crippen LogP contribution in [-0.2, 0) is 0 Å². The predicted molar refractivity (Wildman–Crippen MR) is 101 cm³/mol. The normalized spacial score (nSPS) is 11.2. The fourth-order valence-corrected chi connectivity index (χ4v) is 2.95. The smallest absolute Gasteiger partial charge is 0.271 e. The third-order valence-electron chi connectivity index (χ3n) is 4.02. The van der Waals surface area contributed by atoms with Gasteiger partial charge in [0.05, 0.1) is 21.3 Å². The van der Waals surface area contributed by atoms with Crippen molar-refractivity contribution in [3.8, 4) is 5.69 Å². The Kier molecular flexibility index (Phi) is 4.86. The van der Waals surface area contributed by atoms with Crippen molar-refractivity contribution >= 4 is 29.2 Å². The second kappa shape index (κ2) is 7.09. The van der Waals surface area contributed by atoms with Gasteiger partial charge in [0.15, 0.2) is 0 Å². The molecule has 0 saturated carbocycles. The number of aliphatic imine (C=N–C) groups is 1. The summed E-state index contributed by atoms with van der Waals surface area (Å²) in [5, 5.41) is 11.0. The van der Waals surface area contributed by atoms with Crippen LogP contribution in [0.5, 0.6) is 0 Å². The molecule has 3 aromatic rings. The van der Waals surface area contributed by atoms with Gasteiger partial charge < -0.3 is 4.57 Å².